The highest BCUT2D eigenvalue weighted by atomic mass is 35.5. The number of imidazole rings is 1. The number of likely N-dealkylation sites (tertiary alicyclic amines) is 1. The number of β-amino-alcohol motifs (C(OH)–C–C–N with tert-alkyl or cyclic N) is 1. The summed E-state index contributed by atoms with van der Waals surface area (Å²) in [5.74, 6) is -0.101. The van der Waals surface area contributed by atoms with E-state index < -0.39 is 11.5 Å². The van der Waals surface area contributed by atoms with Gasteiger partial charge in [-0.1, -0.05) is 6.92 Å². The highest BCUT2D eigenvalue weighted by Crippen LogP contribution is 2.23. The van der Waals surface area contributed by atoms with Crippen LogP contribution in [0.1, 0.15) is 19.4 Å². The largest absolute Gasteiger partial charge is 0.389 e. The highest BCUT2D eigenvalue weighted by Gasteiger charge is 2.36. The number of hydrogen-bond donors (Lipinski definition) is 1. The molecule has 94 valence electrons. The van der Waals surface area contributed by atoms with Crippen LogP contribution in [0.3, 0.4) is 0 Å². The lowest BCUT2D eigenvalue weighted by Gasteiger charge is -2.18. The Labute approximate surface area is 105 Å². The highest BCUT2D eigenvalue weighted by molar-refractivity contribution is 6.30. The van der Waals surface area contributed by atoms with Crippen molar-refractivity contribution < 1.29 is 9.90 Å². The molecular weight excluding hydrogens is 242 g/mol. The molecule has 0 aromatic carbocycles. The average Bonchev–Trinajstić information content (AvgIpc) is 2.95. The van der Waals surface area contributed by atoms with E-state index in [1.807, 2.05) is 11.5 Å². The molecule has 0 aliphatic carbocycles. The number of aromatic nitrogens is 2. The molecule has 1 aromatic rings. The fraction of sp³-hybridized carbons (Fsp3) is 0.636. The van der Waals surface area contributed by atoms with Crippen molar-refractivity contribution in [2.75, 3.05) is 13.1 Å². The molecule has 3 atom stereocenters. The Morgan fingerprint density at radius 2 is 2.41 bits per heavy atom. The summed E-state index contributed by atoms with van der Waals surface area (Å²) in [7, 11) is 0. The lowest BCUT2D eigenvalue weighted by molar-refractivity contribution is -0.130. The minimum Gasteiger partial charge on any atom is -0.389 e. The summed E-state index contributed by atoms with van der Waals surface area (Å²) in [6.07, 6.45) is 5.14. The van der Waals surface area contributed by atoms with Gasteiger partial charge < -0.3 is 14.6 Å². The molecular formula is C11H16ClN3O2. The van der Waals surface area contributed by atoms with Crippen molar-refractivity contribution in [3.8, 4) is 0 Å². The van der Waals surface area contributed by atoms with E-state index in [4.69, 9.17) is 11.6 Å². The van der Waals surface area contributed by atoms with Gasteiger partial charge in [-0.15, -0.1) is 11.6 Å². The Hall–Kier alpha value is -1.07. The number of alkyl halides is 1. The summed E-state index contributed by atoms with van der Waals surface area (Å²) in [4.78, 5) is 17.5. The molecule has 0 radical (unpaired) electrons. The average molecular weight is 258 g/mol. The van der Waals surface area contributed by atoms with Crippen molar-refractivity contribution in [3.63, 3.8) is 0 Å². The number of aliphatic hydroxyl groups excluding tert-OH is 1. The van der Waals surface area contributed by atoms with Gasteiger partial charge in [-0.05, 0) is 6.42 Å². The molecule has 2 rings (SSSR count). The molecule has 17 heavy (non-hydrogen) atoms. The second-order valence-corrected chi connectivity index (χ2v) is 4.79. The van der Waals surface area contributed by atoms with Crippen molar-refractivity contribution in [1.82, 2.24) is 14.5 Å². The first-order chi connectivity index (χ1) is 8.13. The molecule has 1 aliphatic rings. The minimum atomic E-state index is -0.561. The Kier molecular flexibility index (Phi) is 3.69. The zero-order valence-corrected chi connectivity index (χ0v) is 10.4. The van der Waals surface area contributed by atoms with Crippen LogP contribution in [0.5, 0.6) is 0 Å². The van der Waals surface area contributed by atoms with Crippen LogP contribution in [0.25, 0.3) is 0 Å². The zero-order chi connectivity index (χ0) is 12.4. The van der Waals surface area contributed by atoms with Gasteiger partial charge in [-0.3, -0.25) is 4.79 Å². The van der Waals surface area contributed by atoms with E-state index in [1.165, 1.54) is 0 Å². The van der Waals surface area contributed by atoms with Crippen LogP contribution in [-0.4, -0.2) is 50.0 Å². The molecule has 1 aliphatic heterocycles. The number of carbonyl (C=O) groups is 1. The molecule has 1 fully saturated rings. The summed E-state index contributed by atoms with van der Waals surface area (Å²) >= 11 is 5.92. The first-order valence-electron chi connectivity index (χ1n) is 5.71. The van der Waals surface area contributed by atoms with Crippen LogP contribution in [0.15, 0.2) is 18.7 Å². The Balaban J connectivity index is 2.05. The number of aliphatic hydroxyl groups is 1. The standard InChI is InChI=1S/C11H16ClN3O2/c1-2-8(12)11(17)15-5-9(10(16)6-15)14-4-3-13-7-14/h3-4,7-10,16H,2,5-6H2,1H3/t8-,9+,10-/m0/s1. The predicted octanol–water partition coefficient (Wildman–Crippen LogP) is 0.645. The maximum Gasteiger partial charge on any atom is 0.240 e. The molecule has 0 unspecified atom stereocenters. The maximum atomic E-state index is 11.9. The Bertz CT molecular complexity index is 382. The SMILES string of the molecule is CC[C@H](Cl)C(=O)N1C[C@@H](n2ccnc2)[C@@H](O)C1. The number of nitrogens with zero attached hydrogens (tertiary/aromatic N) is 3. The van der Waals surface area contributed by atoms with Gasteiger partial charge in [0.25, 0.3) is 0 Å². The molecule has 1 amide bonds. The van der Waals surface area contributed by atoms with Crippen molar-refractivity contribution in [1.29, 1.82) is 0 Å². The van der Waals surface area contributed by atoms with Crippen molar-refractivity contribution in [2.45, 2.75) is 30.9 Å². The minimum absolute atomic E-state index is 0.101. The lowest BCUT2D eigenvalue weighted by atomic mass is 10.2. The van der Waals surface area contributed by atoms with E-state index in [1.54, 1.807) is 23.6 Å². The van der Waals surface area contributed by atoms with Gasteiger partial charge in [0.15, 0.2) is 0 Å². The summed E-state index contributed by atoms with van der Waals surface area (Å²) in [6, 6.07) is -0.123. The van der Waals surface area contributed by atoms with Crippen LogP contribution < -0.4 is 0 Å². The second kappa shape index (κ2) is 5.06. The molecule has 1 aromatic heterocycles. The van der Waals surface area contributed by atoms with Gasteiger partial charge in [0.05, 0.1) is 18.5 Å². The first kappa shape index (κ1) is 12.4. The maximum absolute atomic E-state index is 11.9. The number of rotatable bonds is 3. The third-order valence-electron chi connectivity index (χ3n) is 3.10. The number of amides is 1. The normalized spacial score (nSPS) is 26.2. The third-order valence-corrected chi connectivity index (χ3v) is 3.60. The van der Waals surface area contributed by atoms with Crippen LogP contribution >= 0.6 is 11.6 Å². The van der Waals surface area contributed by atoms with E-state index in [-0.39, 0.29) is 11.9 Å². The van der Waals surface area contributed by atoms with E-state index in [2.05, 4.69) is 4.98 Å². The van der Waals surface area contributed by atoms with Gasteiger partial charge in [-0.2, -0.15) is 0 Å². The first-order valence-corrected chi connectivity index (χ1v) is 6.15. The van der Waals surface area contributed by atoms with Gasteiger partial charge >= 0.3 is 0 Å². The van der Waals surface area contributed by atoms with Crippen molar-refractivity contribution in [2.24, 2.45) is 0 Å². The monoisotopic (exact) mass is 257 g/mol. The Morgan fingerprint density at radius 3 is 3.00 bits per heavy atom. The molecule has 2 heterocycles. The van der Waals surface area contributed by atoms with Crippen molar-refractivity contribution >= 4 is 17.5 Å². The molecule has 0 bridgehead atoms. The summed E-state index contributed by atoms with van der Waals surface area (Å²) in [5, 5.41) is 9.45. The molecule has 0 saturated carbocycles. The van der Waals surface area contributed by atoms with Crippen molar-refractivity contribution in [3.05, 3.63) is 18.7 Å². The van der Waals surface area contributed by atoms with Crippen LogP contribution in [-0.2, 0) is 4.79 Å². The zero-order valence-electron chi connectivity index (χ0n) is 9.66. The summed E-state index contributed by atoms with van der Waals surface area (Å²) in [5.41, 5.74) is 0. The van der Waals surface area contributed by atoms with Gasteiger partial charge in [-0.25, -0.2) is 4.98 Å². The quantitative estimate of drug-likeness (QED) is 0.809. The van der Waals surface area contributed by atoms with E-state index >= 15 is 0 Å². The fourth-order valence-corrected chi connectivity index (χ4v) is 2.22. The number of carbonyl (C=O) groups excluding carboxylic acids is 1. The number of hydrogen-bond acceptors (Lipinski definition) is 3. The third kappa shape index (κ3) is 2.45. The second-order valence-electron chi connectivity index (χ2n) is 4.26. The lowest BCUT2D eigenvalue weighted by Crippen LogP contribution is -2.35. The van der Waals surface area contributed by atoms with Gasteiger partial charge in [0, 0.05) is 25.5 Å². The molecule has 1 saturated heterocycles. The molecule has 5 nitrogen and oxygen atoms in total. The van der Waals surface area contributed by atoms with E-state index in [9.17, 15) is 9.90 Å². The smallest absolute Gasteiger partial charge is 0.240 e. The molecule has 0 spiro atoms. The van der Waals surface area contributed by atoms with Gasteiger partial charge in [0.2, 0.25) is 5.91 Å². The summed E-state index contributed by atoms with van der Waals surface area (Å²) < 4.78 is 1.83. The topological polar surface area (TPSA) is 58.4 Å². The predicted molar refractivity (Wildman–Crippen MR) is 63.8 cm³/mol. The van der Waals surface area contributed by atoms with Gasteiger partial charge in [0.1, 0.15) is 5.38 Å². The summed E-state index contributed by atoms with van der Waals surface area (Å²) in [6.45, 7) is 2.69. The van der Waals surface area contributed by atoms with Crippen LogP contribution in [0.4, 0.5) is 0 Å². The molecule has 6 heteroatoms. The van der Waals surface area contributed by atoms with Crippen LogP contribution in [0, 0.1) is 0 Å². The van der Waals surface area contributed by atoms with E-state index in [0.717, 1.165) is 0 Å². The molecule has 1 N–H and O–H groups in total. The fourth-order valence-electron chi connectivity index (χ4n) is 2.08. The van der Waals surface area contributed by atoms with E-state index in [0.29, 0.717) is 19.5 Å². The number of halogens is 1. The Morgan fingerprint density at radius 1 is 1.65 bits per heavy atom. The van der Waals surface area contributed by atoms with Crippen LogP contribution in [0.2, 0.25) is 0 Å².